The van der Waals surface area contributed by atoms with Crippen molar-refractivity contribution in [2.75, 3.05) is 25.1 Å². The third-order valence-corrected chi connectivity index (χ3v) is 4.62. The lowest BCUT2D eigenvalue weighted by molar-refractivity contribution is -0.00477. The van der Waals surface area contributed by atoms with E-state index >= 15 is 0 Å². The summed E-state index contributed by atoms with van der Waals surface area (Å²) in [6, 6.07) is 3.35. The van der Waals surface area contributed by atoms with E-state index in [-0.39, 0.29) is 21.7 Å². The van der Waals surface area contributed by atoms with Crippen LogP contribution in [0, 0.1) is 11.2 Å². The normalized spacial score (nSPS) is 22.9. The molecule has 0 aliphatic carbocycles. The van der Waals surface area contributed by atoms with Crippen LogP contribution >= 0.6 is 15.9 Å². The Hall–Kier alpha value is -1.14. The van der Waals surface area contributed by atoms with Crippen LogP contribution in [-0.2, 0) is 4.74 Å². The molecule has 110 valence electrons. The first-order valence-corrected chi connectivity index (χ1v) is 7.30. The molecule has 0 bridgehead atoms. The first-order valence-electron chi connectivity index (χ1n) is 6.50. The summed E-state index contributed by atoms with van der Waals surface area (Å²) >= 11 is 3.19. The highest BCUT2D eigenvalue weighted by atomic mass is 79.9. The third kappa shape index (κ3) is 2.81. The summed E-state index contributed by atoms with van der Waals surface area (Å²) < 4.78 is 20.3. The molecule has 1 aliphatic rings. The van der Waals surface area contributed by atoms with Crippen molar-refractivity contribution < 1.29 is 9.13 Å². The van der Waals surface area contributed by atoms with Gasteiger partial charge in [-0.05, 0) is 47.8 Å². The Kier molecular flexibility index (Phi) is 4.34. The van der Waals surface area contributed by atoms with Crippen LogP contribution in [0.15, 0.2) is 16.6 Å². The molecule has 0 radical (unpaired) electrons. The summed E-state index contributed by atoms with van der Waals surface area (Å²) in [5.41, 5.74) is 6.07. The van der Waals surface area contributed by atoms with Crippen molar-refractivity contribution in [3.8, 4) is 0 Å². The maximum Gasteiger partial charge on any atom is 0.161 e. The summed E-state index contributed by atoms with van der Waals surface area (Å²) in [4.78, 5) is 1.98. The van der Waals surface area contributed by atoms with Crippen LogP contribution in [0.2, 0.25) is 0 Å². The lowest BCUT2D eigenvalue weighted by Crippen LogP contribution is -2.47. The maximum absolute atomic E-state index is 14.5. The second-order valence-electron chi connectivity index (χ2n) is 5.35. The average Bonchev–Trinajstić information content (AvgIpc) is 2.41. The van der Waals surface area contributed by atoms with Gasteiger partial charge in [-0.3, -0.25) is 5.41 Å². The highest BCUT2D eigenvalue weighted by molar-refractivity contribution is 9.10. The van der Waals surface area contributed by atoms with E-state index in [0.717, 1.165) is 19.4 Å². The van der Waals surface area contributed by atoms with E-state index < -0.39 is 0 Å². The zero-order valence-corrected chi connectivity index (χ0v) is 13.3. The average molecular weight is 344 g/mol. The molecule has 0 spiro atoms. The zero-order chi connectivity index (χ0) is 14.9. The Morgan fingerprint density at radius 3 is 2.85 bits per heavy atom. The van der Waals surface area contributed by atoms with E-state index in [0.29, 0.717) is 17.8 Å². The summed E-state index contributed by atoms with van der Waals surface area (Å²) in [6.45, 7) is 3.48. The first-order chi connectivity index (χ1) is 9.38. The molecule has 1 aromatic carbocycles. The van der Waals surface area contributed by atoms with E-state index in [9.17, 15) is 4.39 Å². The smallest absolute Gasteiger partial charge is 0.161 e. The number of hydrogen-bond donors (Lipinski definition) is 2. The van der Waals surface area contributed by atoms with Crippen LogP contribution in [0.3, 0.4) is 0 Å². The minimum absolute atomic E-state index is 0.150. The minimum atomic E-state index is -0.377. The zero-order valence-electron chi connectivity index (χ0n) is 11.7. The van der Waals surface area contributed by atoms with E-state index in [4.69, 9.17) is 15.9 Å². The molecule has 6 heteroatoms. The summed E-state index contributed by atoms with van der Waals surface area (Å²) in [5, 5.41) is 7.43. The number of methoxy groups -OCH3 is 1. The topological polar surface area (TPSA) is 62.3 Å². The molecule has 1 saturated heterocycles. The lowest BCUT2D eigenvalue weighted by Gasteiger charge is -2.40. The number of hydrogen-bond acceptors (Lipinski definition) is 3. The van der Waals surface area contributed by atoms with Crippen molar-refractivity contribution in [1.82, 2.24) is 0 Å². The molecule has 2 rings (SSSR count). The van der Waals surface area contributed by atoms with Crippen LogP contribution in [0.5, 0.6) is 0 Å². The molecule has 0 amide bonds. The number of benzene rings is 1. The molecule has 1 unspecified atom stereocenters. The molecular formula is C14H19BrFN3O. The van der Waals surface area contributed by atoms with Crippen LogP contribution < -0.4 is 10.6 Å². The number of amidine groups is 1. The molecule has 20 heavy (non-hydrogen) atoms. The number of nitrogens with one attached hydrogen (secondary N) is 1. The van der Waals surface area contributed by atoms with Crippen LogP contribution in [0.25, 0.3) is 0 Å². The van der Waals surface area contributed by atoms with E-state index in [1.807, 2.05) is 11.8 Å². The quantitative estimate of drug-likeness (QED) is 0.655. The van der Waals surface area contributed by atoms with Gasteiger partial charge in [-0.25, -0.2) is 4.39 Å². The Labute approximate surface area is 126 Å². The Balaban J connectivity index is 2.34. The fourth-order valence-electron chi connectivity index (χ4n) is 2.57. The second kappa shape index (κ2) is 5.69. The second-order valence-corrected chi connectivity index (χ2v) is 6.15. The predicted molar refractivity (Wildman–Crippen MR) is 82.0 cm³/mol. The number of nitrogens with two attached hydrogens (primary N) is 1. The fraction of sp³-hybridized carbons (Fsp3) is 0.500. The number of halogens is 2. The van der Waals surface area contributed by atoms with Crippen LogP contribution in [0.1, 0.15) is 25.3 Å². The van der Waals surface area contributed by atoms with Crippen molar-refractivity contribution in [2.45, 2.75) is 25.4 Å². The van der Waals surface area contributed by atoms with Gasteiger partial charge in [0, 0.05) is 25.8 Å². The van der Waals surface area contributed by atoms with Crippen molar-refractivity contribution in [3.05, 3.63) is 28.0 Å². The number of nitrogens with zero attached hydrogens (tertiary/aromatic N) is 1. The number of nitrogen functional groups attached to an aromatic ring is 1. The van der Waals surface area contributed by atoms with Gasteiger partial charge in [0.1, 0.15) is 5.84 Å². The van der Waals surface area contributed by atoms with Gasteiger partial charge in [0.25, 0.3) is 0 Å². The molecule has 3 N–H and O–H groups in total. The van der Waals surface area contributed by atoms with E-state index in [2.05, 4.69) is 15.9 Å². The van der Waals surface area contributed by atoms with Crippen molar-refractivity contribution in [2.24, 2.45) is 5.73 Å². The third-order valence-electron chi connectivity index (χ3n) is 3.84. The SMILES string of the molecule is COC1(C)CCCN(c2ccc(C(=N)N)c(Br)c2F)C1. The molecule has 1 heterocycles. The fourth-order valence-corrected chi connectivity index (χ4v) is 3.12. The number of anilines is 1. The number of ether oxygens (including phenoxy) is 1. The van der Waals surface area contributed by atoms with Crippen LogP contribution in [-0.4, -0.2) is 31.6 Å². The highest BCUT2D eigenvalue weighted by Gasteiger charge is 2.32. The van der Waals surface area contributed by atoms with Gasteiger partial charge in [0.05, 0.1) is 15.8 Å². The van der Waals surface area contributed by atoms with Gasteiger partial charge in [0.2, 0.25) is 0 Å². The summed E-state index contributed by atoms with van der Waals surface area (Å²) in [5.74, 6) is -0.527. The molecule has 1 fully saturated rings. The molecule has 0 saturated carbocycles. The number of piperidine rings is 1. The Morgan fingerprint density at radius 1 is 1.55 bits per heavy atom. The van der Waals surface area contributed by atoms with Crippen molar-refractivity contribution in [3.63, 3.8) is 0 Å². The van der Waals surface area contributed by atoms with Gasteiger partial charge in [-0.1, -0.05) is 0 Å². The molecular weight excluding hydrogens is 325 g/mol. The van der Waals surface area contributed by atoms with E-state index in [1.165, 1.54) is 0 Å². The van der Waals surface area contributed by atoms with Crippen LogP contribution in [0.4, 0.5) is 10.1 Å². The number of rotatable bonds is 3. The monoisotopic (exact) mass is 343 g/mol. The Morgan fingerprint density at radius 2 is 2.25 bits per heavy atom. The van der Waals surface area contributed by atoms with E-state index in [1.54, 1.807) is 19.2 Å². The molecule has 0 aromatic heterocycles. The molecule has 4 nitrogen and oxygen atoms in total. The largest absolute Gasteiger partial charge is 0.384 e. The lowest BCUT2D eigenvalue weighted by atomic mass is 9.94. The van der Waals surface area contributed by atoms with Gasteiger partial charge < -0.3 is 15.4 Å². The summed E-state index contributed by atoms with van der Waals surface area (Å²) in [7, 11) is 1.69. The standard InChI is InChI=1S/C14H19BrFN3O/c1-14(20-2)6-3-7-19(8-14)10-5-4-9(13(17)18)11(15)12(10)16/h4-5H,3,6-8H2,1-2H3,(H3,17,18). The highest BCUT2D eigenvalue weighted by Crippen LogP contribution is 2.33. The van der Waals surface area contributed by atoms with Crippen molar-refractivity contribution in [1.29, 1.82) is 5.41 Å². The van der Waals surface area contributed by atoms with Gasteiger partial charge in [0.15, 0.2) is 5.82 Å². The Bertz CT molecular complexity index is 537. The minimum Gasteiger partial charge on any atom is -0.384 e. The van der Waals surface area contributed by atoms with Crippen molar-refractivity contribution >= 4 is 27.5 Å². The maximum atomic E-state index is 14.5. The van der Waals surface area contributed by atoms with Gasteiger partial charge in [-0.15, -0.1) is 0 Å². The summed E-state index contributed by atoms with van der Waals surface area (Å²) in [6.07, 6.45) is 1.92. The van der Waals surface area contributed by atoms with Gasteiger partial charge >= 0.3 is 0 Å². The molecule has 1 aliphatic heterocycles. The van der Waals surface area contributed by atoms with Gasteiger partial charge in [-0.2, -0.15) is 0 Å². The molecule has 1 atom stereocenters. The molecule has 1 aromatic rings. The first kappa shape index (κ1) is 15.3. The predicted octanol–water partition coefficient (Wildman–Crippen LogP) is 2.88.